The van der Waals surface area contributed by atoms with Crippen molar-refractivity contribution in [2.45, 2.75) is 105 Å². The van der Waals surface area contributed by atoms with Gasteiger partial charge in [-0.05, 0) is 135 Å². The summed E-state index contributed by atoms with van der Waals surface area (Å²) in [6.07, 6.45) is 8.63. The zero-order valence-electron chi connectivity index (χ0n) is 41.4. The third-order valence-corrected chi connectivity index (χ3v) is 13.7. The van der Waals surface area contributed by atoms with E-state index in [4.69, 9.17) is 4.74 Å². The van der Waals surface area contributed by atoms with E-state index in [0.717, 1.165) is 50.0 Å². The molecule has 4 heterocycles. The maximum absolute atomic E-state index is 14.8. The maximum atomic E-state index is 14.8. The quantitative estimate of drug-likeness (QED) is 0.142. The number of likely N-dealkylation sites (N-methyl/N-ethyl adjacent to an activating group) is 2. The van der Waals surface area contributed by atoms with Crippen LogP contribution in [0.3, 0.4) is 0 Å². The van der Waals surface area contributed by atoms with Gasteiger partial charge < -0.3 is 39.5 Å². The number of nitrogens with zero attached hydrogens (tertiary/aromatic N) is 5. The van der Waals surface area contributed by atoms with Crippen molar-refractivity contribution in [2.24, 2.45) is 17.3 Å². The number of nitrogens with one attached hydrogen (secondary N) is 2. The van der Waals surface area contributed by atoms with Crippen LogP contribution in [0.25, 0.3) is 27.6 Å². The Balaban J connectivity index is 1.32. The van der Waals surface area contributed by atoms with E-state index in [2.05, 4.69) is 111 Å². The summed E-state index contributed by atoms with van der Waals surface area (Å²) >= 11 is 0. The molecule has 3 aromatic rings. The van der Waals surface area contributed by atoms with E-state index >= 15 is 0 Å². The van der Waals surface area contributed by atoms with Gasteiger partial charge in [-0.25, -0.2) is 5.43 Å². The van der Waals surface area contributed by atoms with Gasteiger partial charge in [0.05, 0.1) is 24.3 Å². The lowest BCUT2D eigenvalue weighted by Crippen LogP contribution is -2.62. The second-order valence-electron chi connectivity index (χ2n) is 20.5. The van der Waals surface area contributed by atoms with E-state index in [1.807, 2.05) is 19.9 Å². The highest BCUT2D eigenvalue weighted by Crippen LogP contribution is 2.41. The molecule has 4 N–H and O–H groups in total. The Hall–Kier alpha value is -5.76. The normalized spacial score (nSPS) is 22.6. The van der Waals surface area contributed by atoms with Crippen LogP contribution in [-0.4, -0.2) is 136 Å². The number of aliphatic hydroxyl groups is 1. The molecule has 3 aliphatic heterocycles. The molecule has 0 radical (unpaired) electrons. The van der Waals surface area contributed by atoms with Crippen LogP contribution in [-0.2, 0) is 43.3 Å². The molecule has 68 heavy (non-hydrogen) atoms. The molecule has 364 valence electrons. The topological polar surface area (TPSA) is 160 Å². The minimum absolute atomic E-state index is 0.0109. The number of ether oxygens (including phenoxy) is 1. The highest BCUT2D eigenvalue weighted by molar-refractivity contribution is 5.97. The molecule has 2 fully saturated rings. The van der Waals surface area contributed by atoms with Gasteiger partial charge in [0.1, 0.15) is 17.8 Å². The van der Waals surface area contributed by atoms with Crippen molar-refractivity contribution >= 4 is 40.1 Å². The third-order valence-electron chi connectivity index (χ3n) is 13.7. The molecule has 4 aliphatic rings. The molecule has 1 unspecified atom stereocenters. The lowest BCUT2D eigenvalue weighted by atomic mass is 9.83. The Bertz CT molecular complexity index is 2580. The number of fused-ring (bicyclic) bond motifs is 6. The van der Waals surface area contributed by atoms with Gasteiger partial charge in [0.25, 0.3) is 5.91 Å². The molecule has 5 atom stereocenters. The van der Waals surface area contributed by atoms with Crippen molar-refractivity contribution in [3.63, 3.8) is 0 Å². The summed E-state index contributed by atoms with van der Waals surface area (Å²) in [6.45, 7) is 18.4. The number of aromatic nitrogens is 1. The Morgan fingerprint density at radius 2 is 1.84 bits per heavy atom. The van der Waals surface area contributed by atoms with E-state index in [1.54, 1.807) is 24.1 Å². The highest BCUT2D eigenvalue weighted by Gasteiger charge is 2.40. The lowest BCUT2D eigenvalue weighted by molar-refractivity contribution is -0.164. The summed E-state index contributed by atoms with van der Waals surface area (Å²) < 4.78 is 8.72. The third kappa shape index (κ3) is 10.9. The van der Waals surface area contributed by atoms with E-state index in [-0.39, 0.29) is 43.1 Å². The number of carbonyl (C=O) groups is 4. The van der Waals surface area contributed by atoms with Crippen LogP contribution in [0, 0.1) is 17.3 Å². The first-order valence-corrected chi connectivity index (χ1v) is 24.1. The van der Waals surface area contributed by atoms with Crippen molar-refractivity contribution in [2.75, 3.05) is 53.9 Å². The van der Waals surface area contributed by atoms with Gasteiger partial charge in [-0.1, -0.05) is 58.6 Å². The standard InChI is InChI=1S/C54H71N7O7/c1-11-47(63)59-23-21-38(31-59)51(65)58(10)48(33(3)4)50(64)55-45-26-35-24-39(27-40(62)25-35)36-18-20-46-42(28-36)43(29-54(6,7)32-68-53(67)44-14-13-22-61(56-44)52(45)66)49(60(46)12-2)41-19-16-34(5)15-17-37(41)30-57(8)9/h11,16-20,24-25,27-28,33,38,44-45,48,53,56,62,67H,1,12-14,21-23,26,29-32H2,2-10H3,(H,55,64)/t38-,44-,45-,48-,53?/m0/s1. The minimum Gasteiger partial charge on any atom is -0.508 e. The lowest BCUT2D eigenvalue weighted by Gasteiger charge is -2.39. The first-order chi connectivity index (χ1) is 32.3. The molecule has 4 amide bonds. The van der Waals surface area contributed by atoms with Crippen LogP contribution in [0.4, 0.5) is 0 Å². The number of phenolic OH excluding ortho intramolecular Hbond substituents is 1. The number of likely N-dealkylation sites (tertiary alicyclic amines) is 1. The highest BCUT2D eigenvalue weighted by atomic mass is 16.6. The van der Waals surface area contributed by atoms with Crippen molar-refractivity contribution in [1.29, 1.82) is 0 Å². The first kappa shape index (κ1) is 50.1. The monoisotopic (exact) mass is 930 g/mol. The van der Waals surface area contributed by atoms with Crippen LogP contribution in [0.15, 0.2) is 84.2 Å². The molecule has 7 rings (SSSR count). The number of hydrazine groups is 1. The van der Waals surface area contributed by atoms with Gasteiger partial charge in [0.15, 0.2) is 6.29 Å². The number of rotatable bonds is 10. The zero-order chi connectivity index (χ0) is 49.2. The average molecular weight is 930 g/mol. The molecular weight excluding hydrogens is 859 g/mol. The van der Waals surface area contributed by atoms with Crippen molar-refractivity contribution in [1.82, 2.24) is 35.0 Å². The number of aryl methyl sites for hydroxylation is 1. The summed E-state index contributed by atoms with van der Waals surface area (Å²) in [4.78, 5) is 60.8. The molecule has 2 aromatic carbocycles. The smallest absolute Gasteiger partial charge is 0.259 e. The number of phenols is 1. The number of amides is 4. The molecule has 1 aromatic heterocycles. The molecule has 14 heteroatoms. The Labute approximate surface area is 401 Å². The van der Waals surface area contributed by atoms with Crippen molar-refractivity contribution in [3.05, 3.63) is 101 Å². The maximum Gasteiger partial charge on any atom is 0.259 e. The van der Waals surface area contributed by atoms with Crippen LogP contribution >= 0.6 is 0 Å². The fraction of sp³-hybridized carbons (Fsp3) is 0.500. The van der Waals surface area contributed by atoms with Crippen LogP contribution in [0.2, 0.25) is 0 Å². The van der Waals surface area contributed by atoms with Gasteiger partial charge in [0, 0.05) is 62.7 Å². The fourth-order valence-corrected chi connectivity index (χ4v) is 10.4. The van der Waals surface area contributed by atoms with Gasteiger partial charge in [0.2, 0.25) is 17.7 Å². The Kier molecular flexibility index (Phi) is 15.4. The van der Waals surface area contributed by atoms with Crippen LogP contribution < -0.4 is 10.7 Å². The Morgan fingerprint density at radius 3 is 2.54 bits per heavy atom. The number of allylic oxidation sites excluding steroid dienone is 3. The number of hydrogen-bond acceptors (Lipinski definition) is 9. The van der Waals surface area contributed by atoms with E-state index in [1.165, 1.54) is 16.0 Å². The molecule has 0 spiro atoms. The molecule has 6 bridgehead atoms. The predicted molar refractivity (Wildman–Crippen MR) is 266 cm³/mol. The van der Waals surface area contributed by atoms with Gasteiger partial charge in [-0.15, -0.1) is 5.73 Å². The van der Waals surface area contributed by atoms with Crippen molar-refractivity contribution < 1.29 is 34.1 Å². The first-order valence-electron chi connectivity index (χ1n) is 24.1. The van der Waals surface area contributed by atoms with Crippen LogP contribution in [0.5, 0.6) is 5.75 Å². The molecule has 1 aliphatic carbocycles. The Morgan fingerprint density at radius 1 is 1.07 bits per heavy atom. The largest absolute Gasteiger partial charge is 0.508 e. The molecule has 14 nitrogen and oxygen atoms in total. The molecule has 0 saturated carbocycles. The number of benzene rings is 2. The average Bonchev–Trinajstić information content (AvgIpc) is 3.86. The predicted octanol–water partition coefficient (Wildman–Crippen LogP) is 5.98. The number of hydrogen-bond donors (Lipinski definition) is 4. The zero-order valence-corrected chi connectivity index (χ0v) is 41.4. The van der Waals surface area contributed by atoms with E-state index in [9.17, 15) is 29.4 Å². The van der Waals surface area contributed by atoms with Crippen LogP contribution in [0.1, 0.15) is 77.6 Å². The summed E-state index contributed by atoms with van der Waals surface area (Å²) in [7, 11) is 5.73. The number of carbonyl (C=O) groups excluding carboxylic acids is 4. The summed E-state index contributed by atoms with van der Waals surface area (Å²) in [5.41, 5.74) is 15.1. The molecular formula is C54H71N7O7. The fourth-order valence-electron chi connectivity index (χ4n) is 10.4. The number of aromatic hydroxyl groups is 1. The number of aliphatic hydroxyl groups excluding tert-OH is 1. The molecule has 2 saturated heterocycles. The van der Waals surface area contributed by atoms with E-state index in [0.29, 0.717) is 57.4 Å². The summed E-state index contributed by atoms with van der Waals surface area (Å²) in [5.74, 6) is -2.24. The summed E-state index contributed by atoms with van der Waals surface area (Å²) in [6, 6.07) is 8.99. The minimum atomic E-state index is -1.25. The van der Waals surface area contributed by atoms with Gasteiger partial charge in [-0.3, -0.25) is 24.2 Å². The second-order valence-corrected chi connectivity index (χ2v) is 20.5. The van der Waals surface area contributed by atoms with Gasteiger partial charge >= 0.3 is 0 Å². The SMILES string of the molecule is C=CC(=O)N1CC[C@H](C(=O)N(C)[C@H](C(=O)N[C@H]2Cc3cc(O)cc(c3)-c3ccc4c(c3)c(c(C3=C(CN(C)C)C=C=C(C)C=C3)n4CC)CC(C)(C)COC(O)[C@@H]3CCCN(N3)C2=O)C(C)C)C1. The van der Waals surface area contributed by atoms with Gasteiger partial charge in [-0.2, -0.15) is 0 Å². The summed E-state index contributed by atoms with van der Waals surface area (Å²) in [5, 5.41) is 28.6. The second kappa shape index (κ2) is 20.9. The van der Waals surface area contributed by atoms with E-state index < -0.39 is 47.6 Å². The van der Waals surface area contributed by atoms with Crippen molar-refractivity contribution in [3.8, 4) is 16.9 Å².